The molecule has 148 valence electrons. The molecule has 7 heteroatoms. The highest BCUT2D eigenvalue weighted by Gasteiger charge is 2.49. The van der Waals surface area contributed by atoms with E-state index in [9.17, 15) is 9.59 Å². The molecule has 0 aliphatic carbocycles. The molecule has 0 aromatic carbocycles. The van der Waals surface area contributed by atoms with Gasteiger partial charge in [-0.25, -0.2) is 0 Å². The lowest BCUT2D eigenvalue weighted by molar-refractivity contribution is -0.153. The molecule has 2 bridgehead atoms. The topological polar surface area (TPSA) is 81.3 Å². The number of fused-ring (bicyclic) bond motifs is 4. The Labute approximate surface area is 160 Å². The Balaban J connectivity index is 1.56. The molecule has 2 amide bonds. The molecule has 27 heavy (non-hydrogen) atoms. The Morgan fingerprint density at radius 2 is 2.07 bits per heavy atom. The van der Waals surface area contributed by atoms with Gasteiger partial charge in [0.25, 0.3) is 0 Å². The zero-order chi connectivity index (χ0) is 19.1. The Kier molecular flexibility index (Phi) is 4.97. The molecule has 1 aromatic heterocycles. The van der Waals surface area contributed by atoms with E-state index < -0.39 is 0 Å². The third-order valence-corrected chi connectivity index (χ3v) is 6.79. The molecule has 3 fully saturated rings. The largest absolute Gasteiger partial charge is 0.354 e. The number of H-pyrrole nitrogens is 1. The highest BCUT2D eigenvalue weighted by molar-refractivity contribution is 5.78. The summed E-state index contributed by atoms with van der Waals surface area (Å²) in [5, 5.41) is 10.4. The number of piperidine rings is 3. The fourth-order valence-electron chi connectivity index (χ4n) is 5.54. The summed E-state index contributed by atoms with van der Waals surface area (Å²) in [6.45, 7) is 9.20. The minimum atomic E-state index is -0.0181. The van der Waals surface area contributed by atoms with Crippen LogP contribution in [0.4, 0.5) is 0 Å². The normalized spacial score (nSPS) is 30.9. The van der Waals surface area contributed by atoms with Crippen molar-refractivity contribution in [3.05, 3.63) is 17.0 Å². The molecular weight excluding hydrogens is 342 g/mol. The maximum Gasteiger partial charge on any atom is 0.223 e. The van der Waals surface area contributed by atoms with Crippen molar-refractivity contribution in [2.75, 3.05) is 19.6 Å². The van der Waals surface area contributed by atoms with E-state index in [4.69, 9.17) is 0 Å². The summed E-state index contributed by atoms with van der Waals surface area (Å²) in [7, 11) is 0. The highest BCUT2D eigenvalue weighted by atomic mass is 16.2. The standard InChI is InChI=1S/C20H31N5O2/c1-12-17(13(2)23-22-12)11-24-9-15-7-16(10-24)19(8-21-14(3)26)25-18(15)5-4-6-20(25)27/h15-16,18-19H,4-11H2,1-3H3,(H,21,26)(H,22,23)/t15-,16+,18+,19+/m1/s1. The van der Waals surface area contributed by atoms with E-state index in [1.165, 1.54) is 12.0 Å². The van der Waals surface area contributed by atoms with Crippen LogP contribution in [0.15, 0.2) is 0 Å². The summed E-state index contributed by atoms with van der Waals surface area (Å²) in [5.41, 5.74) is 3.52. The van der Waals surface area contributed by atoms with Crippen LogP contribution in [0.2, 0.25) is 0 Å². The van der Waals surface area contributed by atoms with Crippen LogP contribution in [0.25, 0.3) is 0 Å². The second kappa shape index (κ2) is 7.26. The lowest BCUT2D eigenvalue weighted by Gasteiger charge is -2.56. The third kappa shape index (κ3) is 3.49. The molecule has 3 saturated heterocycles. The second-order valence-electron chi connectivity index (χ2n) is 8.63. The summed E-state index contributed by atoms with van der Waals surface area (Å²) in [4.78, 5) is 28.9. The Bertz CT molecular complexity index is 710. The van der Waals surface area contributed by atoms with Crippen LogP contribution in [0.5, 0.6) is 0 Å². The molecule has 4 rings (SSSR count). The number of carbonyl (C=O) groups is 2. The van der Waals surface area contributed by atoms with Crippen molar-refractivity contribution in [1.29, 1.82) is 0 Å². The van der Waals surface area contributed by atoms with Gasteiger partial charge in [-0.2, -0.15) is 5.10 Å². The summed E-state index contributed by atoms with van der Waals surface area (Å²) in [5.74, 6) is 1.22. The number of carbonyl (C=O) groups excluding carboxylic acids is 2. The molecule has 1 aromatic rings. The maximum absolute atomic E-state index is 12.7. The molecule has 2 N–H and O–H groups in total. The number of hydrogen-bond acceptors (Lipinski definition) is 4. The van der Waals surface area contributed by atoms with E-state index in [0.29, 0.717) is 30.8 Å². The molecule has 4 heterocycles. The summed E-state index contributed by atoms with van der Waals surface area (Å²) < 4.78 is 0. The van der Waals surface area contributed by atoms with Gasteiger partial charge < -0.3 is 10.2 Å². The Hall–Kier alpha value is -1.89. The van der Waals surface area contributed by atoms with Crippen molar-refractivity contribution >= 4 is 11.8 Å². The molecular formula is C20H31N5O2. The zero-order valence-corrected chi connectivity index (χ0v) is 16.6. The predicted molar refractivity (Wildman–Crippen MR) is 102 cm³/mol. The van der Waals surface area contributed by atoms with Crippen molar-refractivity contribution in [2.45, 2.75) is 65.1 Å². The zero-order valence-electron chi connectivity index (χ0n) is 16.6. The maximum atomic E-state index is 12.7. The van der Waals surface area contributed by atoms with Crippen molar-refractivity contribution < 1.29 is 9.59 Å². The van der Waals surface area contributed by atoms with E-state index in [-0.39, 0.29) is 17.9 Å². The summed E-state index contributed by atoms with van der Waals surface area (Å²) >= 11 is 0. The molecule has 0 spiro atoms. The van der Waals surface area contributed by atoms with Gasteiger partial charge in [0.1, 0.15) is 0 Å². The first-order chi connectivity index (χ1) is 12.9. The SMILES string of the molecule is CC(=O)NC[C@H]1[C@H]2C[C@H](CN(Cc3c(C)n[nH]c3C)C2)[C@@H]2CCCC(=O)N21. The van der Waals surface area contributed by atoms with E-state index in [0.717, 1.165) is 43.9 Å². The predicted octanol–water partition coefficient (Wildman–Crippen LogP) is 1.36. The minimum absolute atomic E-state index is 0.0181. The Morgan fingerprint density at radius 3 is 2.78 bits per heavy atom. The van der Waals surface area contributed by atoms with Crippen LogP contribution in [-0.4, -0.2) is 63.5 Å². The summed E-state index contributed by atoms with van der Waals surface area (Å²) in [6, 6.07) is 0.452. The van der Waals surface area contributed by atoms with Crippen molar-refractivity contribution in [1.82, 2.24) is 25.3 Å². The number of likely N-dealkylation sites (tertiary alicyclic amines) is 1. The van der Waals surface area contributed by atoms with Crippen molar-refractivity contribution in [3.8, 4) is 0 Å². The van der Waals surface area contributed by atoms with E-state index in [1.807, 2.05) is 0 Å². The smallest absolute Gasteiger partial charge is 0.223 e. The van der Waals surface area contributed by atoms with Crippen molar-refractivity contribution in [3.63, 3.8) is 0 Å². The van der Waals surface area contributed by atoms with Gasteiger partial charge in [0.05, 0.1) is 11.7 Å². The molecule has 0 radical (unpaired) electrons. The fourth-order valence-corrected chi connectivity index (χ4v) is 5.54. The van der Waals surface area contributed by atoms with Crippen LogP contribution < -0.4 is 5.32 Å². The molecule has 0 unspecified atom stereocenters. The first-order valence-electron chi connectivity index (χ1n) is 10.2. The van der Waals surface area contributed by atoms with Gasteiger partial charge in [-0.1, -0.05) is 0 Å². The van der Waals surface area contributed by atoms with Crippen LogP contribution >= 0.6 is 0 Å². The van der Waals surface area contributed by atoms with Crippen LogP contribution in [0.1, 0.15) is 49.6 Å². The molecule has 3 aliphatic rings. The van der Waals surface area contributed by atoms with Gasteiger partial charge in [0, 0.05) is 56.8 Å². The monoisotopic (exact) mass is 373 g/mol. The third-order valence-electron chi connectivity index (χ3n) is 6.79. The summed E-state index contributed by atoms with van der Waals surface area (Å²) in [6.07, 6.45) is 3.91. The number of nitrogens with one attached hydrogen (secondary N) is 2. The van der Waals surface area contributed by atoms with Crippen molar-refractivity contribution in [2.24, 2.45) is 11.8 Å². The van der Waals surface area contributed by atoms with Gasteiger partial charge >= 0.3 is 0 Å². The fraction of sp³-hybridized carbons (Fsp3) is 0.750. The number of nitrogens with zero attached hydrogens (tertiary/aromatic N) is 3. The second-order valence-corrected chi connectivity index (χ2v) is 8.63. The quantitative estimate of drug-likeness (QED) is 0.835. The van der Waals surface area contributed by atoms with Crippen LogP contribution in [0, 0.1) is 25.7 Å². The lowest BCUT2D eigenvalue weighted by atomic mass is 9.72. The number of amides is 2. The average molecular weight is 374 g/mol. The average Bonchev–Trinajstić information content (AvgIpc) is 2.94. The van der Waals surface area contributed by atoms with Gasteiger partial charge in [-0.15, -0.1) is 0 Å². The van der Waals surface area contributed by atoms with Crippen LogP contribution in [-0.2, 0) is 16.1 Å². The van der Waals surface area contributed by atoms with Gasteiger partial charge in [-0.05, 0) is 44.9 Å². The van der Waals surface area contributed by atoms with Crippen LogP contribution in [0.3, 0.4) is 0 Å². The van der Waals surface area contributed by atoms with E-state index in [2.05, 4.69) is 39.2 Å². The molecule has 7 nitrogen and oxygen atoms in total. The molecule has 4 atom stereocenters. The van der Waals surface area contributed by atoms with E-state index >= 15 is 0 Å². The number of rotatable bonds is 4. The minimum Gasteiger partial charge on any atom is -0.354 e. The first kappa shape index (κ1) is 18.5. The highest BCUT2D eigenvalue weighted by Crippen LogP contribution is 2.41. The van der Waals surface area contributed by atoms with Gasteiger partial charge in [0.2, 0.25) is 11.8 Å². The number of aromatic nitrogens is 2. The molecule has 3 aliphatic heterocycles. The van der Waals surface area contributed by atoms with Gasteiger partial charge in [0.15, 0.2) is 0 Å². The molecule has 0 saturated carbocycles. The van der Waals surface area contributed by atoms with E-state index in [1.54, 1.807) is 6.92 Å². The number of aromatic amines is 1. The number of hydrogen-bond donors (Lipinski definition) is 2. The first-order valence-corrected chi connectivity index (χ1v) is 10.2. The lowest BCUT2D eigenvalue weighted by Crippen LogP contribution is -2.66. The number of aryl methyl sites for hydroxylation is 2. The van der Waals surface area contributed by atoms with Gasteiger partial charge in [-0.3, -0.25) is 19.6 Å². The Morgan fingerprint density at radius 1 is 1.30 bits per heavy atom.